The minimum Gasteiger partial charge on any atom is -0.193 e. The van der Waals surface area contributed by atoms with Gasteiger partial charge in [0, 0.05) is 6.08 Å². The molecular formula is C20H27N. The molecule has 2 rings (SSSR count). The van der Waals surface area contributed by atoms with Crippen LogP contribution < -0.4 is 0 Å². The van der Waals surface area contributed by atoms with Crippen molar-refractivity contribution in [3.05, 3.63) is 47.5 Å². The fourth-order valence-electron chi connectivity index (χ4n) is 3.50. The van der Waals surface area contributed by atoms with Crippen LogP contribution in [0.15, 0.2) is 36.4 Å². The smallest absolute Gasteiger partial charge is 0.0908 e. The van der Waals surface area contributed by atoms with Crippen molar-refractivity contribution in [3.63, 3.8) is 0 Å². The summed E-state index contributed by atoms with van der Waals surface area (Å²) in [7, 11) is 0. The first-order valence-corrected chi connectivity index (χ1v) is 8.47. The maximum Gasteiger partial charge on any atom is 0.0908 e. The summed E-state index contributed by atoms with van der Waals surface area (Å²) in [6.45, 7) is 2.24. The zero-order chi connectivity index (χ0) is 14.9. The van der Waals surface area contributed by atoms with Crippen LogP contribution in [-0.2, 0) is 6.42 Å². The fourth-order valence-corrected chi connectivity index (χ4v) is 3.50. The predicted octanol–water partition coefficient (Wildman–Crippen LogP) is 5.77. The third kappa shape index (κ3) is 5.05. The van der Waals surface area contributed by atoms with Crippen LogP contribution in [0.25, 0.3) is 0 Å². The lowest BCUT2D eigenvalue weighted by molar-refractivity contribution is 0.312. The van der Waals surface area contributed by atoms with Gasteiger partial charge in [0.05, 0.1) is 6.07 Å². The maximum atomic E-state index is 8.48. The van der Waals surface area contributed by atoms with E-state index in [9.17, 15) is 0 Å². The molecule has 0 bridgehead atoms. The van der Waals surface area contributed by atoms with E-state index in [-0.39, 0.29) is 0 Å². The Bertz CT molecular complexity index is 470. The average Bonchev–Trinajstić information content (AvgIpc) is 2.53. The van der Waals surface area contributed by atoms with Crippen LogP contribution in [0.2, 0.25) is 0 Å². The highest BCUT2D eigenvalue weighted by atomic mass is 14.3. The van der Waals surface area contributed by atoms with Crippen molar-refractivity contribution >= 4 is 0 Å². The number of hydrogen-bond acceptors (Lipinski definition) is 1. The number of allylic oxidation sites excluding steroid dienone is 2. The molecule has 0 N–H and O–H groups in total. The molecule has 112 valence electrons. The van der Waals surface area contributed by atoms with Gasteiger partial charge in [-0.3, -0.25) is 0 Å². The highest BCUT2D eigenvalue weighted by Gasteiger charge is 2.21. The molecule has 1 aliphatic carbocycles. The first-order chi connectivity index (χ1) is 10.3. The first kappa shape index (κ1) is 15.8. The summed E-state index contributed by atoms with van der Waals surface area (Å²) in [6, 6.07) is 11.4. The van der Waals surface area contributed by atoms with Crippen molar-refractivity contribution in [2.75, 3.05) is 0 Å². The van der Waals surface area contributed by atoms with Gasteiger partial charge in [-0.05, 0) is 67.9 Å². The molecule has 1 aliphatic rings. The Kier molecular flexibility index (Phi) is 6.54. The Morgan fingerprint density at radius 1 is 1.14 bits per heavy atom. The Morgan fingerprint density at radius 3 is 2.48 bits per heavy atom. The van der Waals surface area contributed by atoms with Gasteiger partial charge >= 0.3 is 0 Å². The molecule has 0 atom stereocenters. The molecular weight excluding hydrogens is 254 g/mol. The van der Waals surface area contributed by atoms with Gasteiger partial charge in [-0.25, -0.2) is 0 Å². The van der Waals surface area contributed by atoms with E-state index < -0.39 is 0 Å². The van der Waals surface area contributed by atoms with E-state index >= 15 is 0 Å². The molecule has 1 fully saturated rings. The molecule has 0 unspecified atom stereocenters. The van der Waals surface area contributed by atoms with Crippen molar-refractivity contribution in [2.45, 2.75) is 64.2 Å². The summed E-state index contributed by atoms with van der Waals surface area (Å²) in [4.78, 5) is 0. The van der Waals surface area contributed by atoms with Crippen molar-refractivity contribution in [2.24, 2.45) is 5.92 Å². The third-order valence-electron chi connectivity index (χ3n) is 4.77. The summed E-state index contributed by atoms with van der Waals surface area (Å²) in [5, 5.41) is 8.48. The molecule has 0 saturated heterocycles. The number of benzene rings is 1. The minimum atomic E-state index is 0.770. The molecule has 1 nitrogen and oxygen atoms in total. The van der Waals surface area contributed by atoms with Crippen LogP contribution in [0.4, 0.5) is 0 Å². The topological polar surface area (TPSA) is 23.8 Å². The quantitative estimate of drug-likeness (QED) is 0.607. The lowest BCUT2D eigenvalue weighted by Crippen LogP contribution is -2.13. The van der Waals surface area contributed by atoms with Crippen LogP contribution >= 0.6 is 0 Å². The van der Waals surface area contributed by atoms with Gasteiger partial charge in [0.25, 0.3) is 0 Å². The summed E-state index contributed by atoms with van der Waals surface area (Å²) in [6.07, 6.45) is 13.7. The van der Waals surface area contributed by atoms with E-state index in [0.29, 0.717) is 0 Å². The SMILES string of the molecule is CCCc1ccc([C@H]2CC[C@H](CCC=CC#N)CC2)cc1. The normalized spacial score (nSPS) is 22.3. The number of nitrogens with zero attached hydrogens (tertiary/aromatic N) is 1. The van der Waals surface area contributed by atoms with Gasteiger partial charge in [-0.1, -0.05) is 43.7 Å². The highest BCUT2D eigenvalue weighted by Crippen LogP contribution is 2.37. The average molecular weight is 281 g/mol. The van der Waals surface area contributed by atoms with Crippen LogP contribution in [0.1, 0.15) is 68.9 Å². The fraction of sp³-hybridized carbons (Fsp3) is 0.550. The third-order valence-corrected chi connectivity index (χ3v) is 4.77. The number of aryl methyl sites for hydroxylation is 1. The molecule has 0 amide bonds. The van der Waals surface area contributed by atoms with E-state index in [1.54, 1.807) is 6.08 Å². The van der Waals surface area contributed by atoms with E-state index in [1.165, 1.54) is 56.1 Å². The maximum absolute atomic E-state index is 8.48. The molecule has 1 aromatic carbocycles. The molecule has 0 aromatic heterocycles. The number of hydrogen-bond donors (Lipinski definition) is 0. The Labute approximate surface area is 129 Å². The van der Waals surface area contributed by atoms with Gasteiger partial charge in [-0.15, -0.1) is 0 Å². The van der Waals surface area contributed by atoms with E-state index in [0.717, 1.165) is 18.3 Å². The highest BCUT2D eigenvalue weighted by molar-refractivity contribution is 5.25. The second-order valence-electron chi connectivity index (χ2n) is 6.32. The summed E-state index contributed by atoms with van der Waals surface area (Å²) >= 11 is 0. The molecule has 0 spiro atoms. The van der Waals surface area contributed by atoms with Crippen molar-refractivity contribution in [1.82, 2.24) is 0 Å². The molecule has 0 radical (unpaired) electrons. The monoisotopic (exact) mass is 281 g/mol. The van der Waals surface area contributed by atoms with Crippen LogP contribution in [0.5, 0.6) is 0 Å². The molecule has 1 heteroatoms. The number of rotatable bonds is 6. The van der Waals surface area contributed by atoms with Gasteiger partial charge in [0.1, 0.15) is 0 Å². The summed E-state index contributed by atoms with van der Waals surface area (Å²) < 4.78 is 0. The zero-order valence-electron chi connectivity index (χ0n) is 13.2. The minimum absolute atomic E-state index is 0.770. The van der Waals surface area contributed by atoms with Crippen molar-refractivity contribution < 1.29 is 0 Å². The van der Waals surface area contributed by atoms with E-state index in [2.05, 4.69) is 37.3 Å². The summed E-state index contributed by atoms with van der Waals surface area (Å²) in [5.74, 6) is 1.63. The molecule has 21 heavy (non-hydrogen) atoms. The van der Waals surface area contributed by atoms with Crippen LogP contribution in [-0.4, -0.2) is 0 Å². The zero-order valence-corrected chi connectivity index (χ0v) is 13.2. The lowest BCUT2D eigenvalue weighted by Gasteiger charge is -2.28. The summed E-state index contributed by atoms with van der Waals surface area (Å²) in [5.41, 5.74) is 3.01. The largest absolute Gasteiger partial charge is 0.193 e. The van der Waals surface area contributed by atoms with Crippen molar-refractivity contribution in [3.8, 4) is 6.07 Å². The van der Waals surface area contributed by atoms with Gasteiger partial charge in [-0.2, -0.15) is 5.26 Å². The Morgan fingerprint density at radius 2 is 1.86 bits per heavy atom. The lowest BCUT2D eigenvalue weighted by atomic mass is 9.77. The van der Waals surface area contributed by atoms with Crippen molar-refractivity contribution in [1.29, 1.82) is 5.26 Å². The predicted molar refractivity (Wildman–Crippen MR) is 89.1 cm³/mol. The molecule has 1 saturated carbocycles. The molecule has 0 heterocycles. The second kappa shape index (κ2) is 8.67. The Balaban J connectivity index is 1.78. The second-order valence-corrected chi connectivity index (χ2v) is 6.32. The number of nitriles is 1. The van der Waals surface area contributed by atoms with E-state index in [4.69, 9.17) is 5.26 Å². The molecule has 1 aromatic rings. The molecule has 0 aliphatic heterocycles. The van der Waals surface area contributed by atoms with Gasteiger partial charge < -0.3 is 0 Å². The standard InChI is InChI=1S/C20H27N/c1-2-6-17-8-12-19(13-9-17)20-14-10-18(11-15-20)7-4-3-5-16-21/h3,5,8-9,12-13,18,20H,2,4,6-7,10-11,14-15H2,1H3/t18-,20-. The van der Waals surface area contributed by atoms with E-state index in [1.807, 2.05) is 6.08 Å². The van der Waals surface area contributed by atoms with Crippen LogP contribution in [0, 0.1) is 17.2 Å². The van der Waals surface area contributed by atoms with Crippen LogP contribution in [0.3, 0.4) is 0 Å². The van der Waals surface area contributed by atoms with Gasteiger partial charge in [0.2, 0.25) is 0 Å². The van der Waals surface area contributed by atoms with Gasteiger partial charge in [0.15, 0.2) is 0 Å². The Hall–Kier alpha value is -1.55. The first-order valence-electron chi connectivity index (χ1n) is 8.47.